The highest BCUT2D eigenvalue weighted by Crippen LogP contribution is 2.24. The third kappa shape index (κ3) is 5.63. The van der Waals surface area contributed by atoms with Crippen LogP contribution in [0.15, 0.2) is 47.9 Å². The second kappa shape index (κ2) is 8.39. The van der Waals surface area contributed by atoms with Crippen molar-refractivity contribution < 1.29 is 10.0 Å². The van der Waals surface area contributed by atoms with Gasteiger partial charge in [-0.15, -0.1) is 18.3 Å². The van der Waals surface area contributed by atoms with Crippen LogP contribution < -0.4 is 5.73 Å². The summed E-state index contributed by atoms with van der Waals surface area (Å²) in [6.07, 6.45) is 6.40. The zero-order valence-corrected chi connectivity index (χ0v) is 11.5. The van der Waals surface area contributed by atoms with E-state index < -0.39 is 6.03 Å². The molecule has 0 radical (unpaired) electrons. The van der Waals surface area contributed by atoms with Crippen LogP contribution in [-0.2, 0) is 0 Å². The number of benzene rings is 1. The van der Waals surface area contributed by atoms with E-state index in [-0.39, 0.29) is 6.54 Å². The van der Waals surface area contributed by atoms with E-state index in [4.69, 9.17) is 10.9 Å². The van der Waals surface area contributed by atoms with Crippen LogP contribution in [0.1, 0.15) is 12.0 Å². The molecule has 1 aromatic carbocycles. The summed E-state index contributed by atoms with van der Waals surface area (Å²) in [5.41, 5.74) is 5.97. The van der Waals surface area contributed by atoms with Gasteiger partial charge in [-0.25, -0.2) is 9.86 Å². The molecule has 5 heteroatoms. The summed E-state index contributed by atoms with van der Waals surface area (Å²) in [6.45, 7) is 3.77. The number of hydrogen-bond donors (Lipinski definition) is 2. The van der Waals surface area contributed by atoms with E-state index in [0.717, 1.165) is 22.6 Å². The Morgan fingerprint density at radius 1 is 1.47 bits per heavy atom. The van der Waals surface area contributed by atoms with Gasteiger partial charge in [0.1, 0.15) is 0 Å². The largest absolute Gasteiger partial charge is 0.350 e. The van der Waals surface area contributed by atoms with E-state index in [1.165, 1.54) is 0 Å². The van der Waals surface area contributed by atoms with Crippen molar-refractivity contribution >= 4 is 23.9 Å². The second-order valence-electron chi connectivity index (χ2n) is 3.79. The molecule has 3 N–H and O–H groups in total. The highest BCUT2D eigenvalue weighted by molar-refractivity contribution is 7.99. The summed E-state index contributed by atoms with van der Waals surface area (Å²) >= 11 is 1.75. The van der Waals surface area contributed by atoms with Gasteiger partial charge in [0.05, 0.1) is 6.54 Å². The molecule has 1 rings (SSSR count). The summed E-state index contributed by atoms with van der Waals surface area (Å²) in [5.74, 6) is 0.974. The maximum Gasteiger partial charge on any atom is 0.338 e. The average Bonchev–Trinajstić information content (AvgIpc) is 2.40. The fourth-order valence-electron chi connectivity index (χ4n) is 1.37. The van der Waals surface area contributed by atoms with Gasteiger partial charge in [0.2, 0.25) is 0 Å². The first-order valence-corrected chi connectivity index (χ1v) is 6.89. The normalized spacial score (nSPS) is 10.6. The van der Waals surface area contributed by atoms with E-state index in [0.29, 0.717) is 5.06 Å². The van der Waals surface area contributed by atoms with Crippen molar-refractivity contribution in [2.24, 2.45) is 5.73 Å². The van der Waals surface area contributed by atoms with Crippen LogP contribution in [0, 0.1) is 0 Å². The number of urea groups is 1. The summed E-state index contributed by atoms with van der Waals surface area (Å²) in [5, 5.41) is 9.60. The molecule has 0 aliphatic heterocycles. The van der Waals surface area contributed by atoms with Gasteiger partial charge >= 0.3 is 6.03 Å². The molecule has 2 amide bonds. The molecule has 0 atom stereocenters. The number of nitrogens with two attached hydrogens (primary N) is 1. The number of hydrogen-bond acceptors (Lipinski definition) is 3. The van der Waals surface area contributed by atoms with Crippen molar-refractivity contribution in [1.82, 2.24) is 5.06 Å². The van der Waals surface area contributed by atoms with Crippen molar-refractivity contribution in [1.29, 1.82) is 0 Å². The van der Waals surface area contributed by atoms with Crippen molar-refractivity contribution in [2.75, 3.05) is 12.3 Å². The molecule has 0 saturated heterocycles. The number of rotatable bonds is 7. The van der Waals surface area contributed by atoms with Gasteiger partial charge in [-0.3, -0.25) is 5.21 Å². The lowest BCUT2D eigenvalue weighted by atomic mass is 10.2. The van der Waals surface area contributed by atoms with Gasteiger partial charge < -0.3 is 5.73 Å². The number of carbonyl (C=O) groups is 1. The highest BCUT2D eigenvalue weighted by Gasteiger charge is 2.02. The van der Waals surface area contributed by atoms with E-state index in [1.807, 2.05) is 36.4 Å². The topological polar surface area (TPSA) is 66.6 Å². The summed E-state index contributed by atoms with van der Waals surface area (Å²) in [7, 11) is 0. The Balaban J connectivity index is 2.63. The Bertz CT molecular complexity index is 461. The van der Waals surface area contributed by atoms with Crippen LogP contribution in [0.4, 0.5) is 4.79 Å². The SMILES string of the molecule is C=CCCSc1ccccc1/C=C/CN(O)C(N)=O. The lowest BCUT2D eigenvalue weighted by molar-refractivity contribution is -0.0286. The van der Waals surface area contributed by atoms with Crippen molar-refractivity contribution in [3.63, 3.8) is 0 Å². The molecule has 102 valence electrons. The molecule has 0 fully saturated rings. The van der Waals surface area contributed by atoms with Crippen molar-refractivity contribution in [3.8, 4) is 0 Å². The van der Waals surface area contributed by atoms with Crippen molar-refractivity contribution in [2.45, 2.75) is 11.3 Å². The second-order valence-corrected chi connectivity index (χ2v) is 4.92. The predicted molar refractivity (Wildman–Crippen MR) is 79.1 cm³/mol. The number of primary amides is 1. The Labute approximate surface area is 117 Å². The number of allylic oxidation sites excluding steroid dienone is 1. The third-order valence-electron chi connectivity index (χ3n) is 2.33. The lowest BCUT2D eigenvalue weighted by Gasteiger charge is -2.08. The van der Waals surface area contributed by atoms with Crippen LogP contribution >= 0.6 is 11.8 Å². The average molecular weight is 278 g/mol. The fraction of sp³-hybridized carbons (Fsp3) is 0.214. The first-order chi connectivity index (χ1) is 9.15. The molecule has 0 aliphatic carbocycles. The number of nitrogens with zero attached hydrogens (tertiary/aromatic N) is 1. The zero-order chi connectivity index (χ0) is 14.1. The smallest absolute Gasteiger partial charge is 0.338 e. The zero-order valence-electron chi connectivity index (χ0n) is 10.7. The molecule has 0 bridgehead atoms. The molecule has 0 aromatic heterocycles. The van der Waals surface area contributed by atoms with Gasteiger partial charge in [0.25, 0.3) is 0 Å². The van der Waals surface area contributed by atoms with Crippen LogP contribution in [0.5, 0.6) is 0 Å². The highest BCUT2D eigenvalue weighted by atomic mass is 32.2. The molecule has 0 aliphatic rings. The van der Waals surface area contributed by atoms with Crippen LogP contribution in [-0.4, -0.2) is 28.6 Å². The van der Waals surface area contributed by atoms with Crippen LogP contribution in [0.2, 0.25) is 0 Å². The minimum absolute atomic E-state index is 0.0704. The maximum atomic E-state index is 10.6. The van der Waals surface area contributed by atoms with Crippen LogP contribution in [0.25, 0.3) is 6.08 Å². The van der Waals surface area contributed by atoms with E-state index >= 15 is 0 Å². The first kappa shape index (κ1) is 15.3. The summed E-state index contributed by atoms with van der Waals surface area (Å²) < 4.78 is 0. The first-order valence-electron chi connectivity index (χ1n) is 5.90. The molecule has 0 saturated carbocycles. The van der Waals surface area contributed by atoms with Crippen molar-refractivity contribution in [3.05, 3.63) is 48.6 Å². The van der Waals surface area contributed by atoms with E-state index in [9.17, 15) is 4.79 Å². The van der Waals surface area contributed by atoms with Gasteiger partial charge in [-0.1, -0.05) is 36.4 Å². The quantitative estimate of drug-likeness (QED) is 0.265. The molecule has 4 nitrogen and oxygen atoms in total. The molecule has 19 heavy (non-hydrogen) atoms. The molecular formula is C14H18N2O2S. The fourth-order valence-corrected chi connectivity index (χ4v) is 2.35. The lowest BCUT2D eigenvalue weighted by Crippen LogP contribution is -2.32. The van der Waals surface area contributed by atoms with Gasteiger partial charge in [-0.2, -0.15) is 0 Å². The minimum Gasteiger partial charge on any atom is -0.350 e. The predicted octanol–water partition coefficient (Wildman–Crippen LogP) is 3.14. The maximum absolute atomic E-state index is 10.6. The van der Waals surface area contributed by atoms with Gasteiger partial charge in [0, 0.05) is 10.6 Å². The van der Waals surface area contributed by atoms with E-state index in [1.54, 1.807) is 17.8 Å². The van der Waals surface area contributed by atoms with Gasteiger partial charge in [0.15, 0.2) is 0 Å². The Kier molecular flexibility index (Phi) is 6.78. The molecule has 1 aromatic rings. The minimum atomic E-state index is -0.863. The van der Waals surface area contributed by atoms with E-state index in [2.05, 4.69) is 6.58 Å². The number of amides is 2. The monoisotopic (exact) mass is 278 g/mol. The summed E-state index contributed by atoms with van der Waals surface area (Å²) in [4.78, 5) is 11.8. The third-order valence-corrected chi connectivity index (χ3v) is 3.45. The Hall–Kier alpha value is -1.72. The number of carbonyl (C=O) groups excluding carboxylic acids is 1. The summed E-state index contributed by atoms with van der Waals surface area (Å²) in [6, 6.07) is 7.09. The number of thioether (sulfide) groups is 1. The molecular weight excluding hydrogens is 260 g/mol. The number of hydroxylamine groups is 2. The standard InChI is InChI=1S/C14H18N2O2S/c1-2-3-11-19-13-9-5-4-7-12(13)8-6-10-16(18)14(15)17/h2,4-9,18H,1,3,10-11H2,(H2,15,17)/b8-6+. The van der Waals surface area contributed by atoms with Crippen LogP contribution in [0.3, 0.4) is 0 Å². The Morgan fingerprint density at radius 3 is 2.89 bits per heavy atom. The molecule has 0 unspecified atom stereocenters. The van der Waals surface area contributed by atoms with Gasteiger partial charge in [-0.05, 0) is 18.1 Å². The molecule has 0 spiro atoms. The molecule has 0 heterocycles. The Morgan fingerprint density at radius 2 is 2.21 bits per heavy atom.